The summed E-state index contributed by atoms with van der Waals surface area (Å²) in [5.41, 5.74) is 0. The molecule has 0 radical (unpaired) electrons. The number of hydrogen-bond acceptors (Lipinski definition) is 2. The minimum atomic E-state index is -1.58. The summed E-state index contributed by atoms with van der Waals surface area (Å²) in [6, 6.07) is 0. The number of rotatable bonds is 3. The normalized spacial score (nSPS) is 20.7. The third-order valence-corrected chi connectivity index (χ3v) is 8.39. The van der Waals surface area contributed by atoms with E-state index in [9.17, 15) is 9.59 Å². The predicted octanol–water partition coefficient (Wildman–Crippen LogP) is 2.21. The molecule has 2 N–H and O–H groups in total. The third kappa shape index (κ3) is 2.44. The summed E-state index contributed by atoms with van der Waals surface area (Å²) >= 11 is 8.65. The molecule has 0 aliphatic carbocycles. The van der Waals surface area contributed by atoms with Gasteiger partial charge in [-0.1, -0.05) is 77.0 Å². The summed E-state index contributed by atoms with van der Waals surface area (Å²) in [6.45, 7) is 0. The summed E-state index contributed by atoms with van der Waals surface area (Å²) in [7, 11) is 0. The molecule has 12 heavy (non-hydrogen) atoms. The summed E-state index contributed by atoms with van der Waals surface area (Å²) < 4.78 is -3.16. The molecule has 0 fully saturated rings. The topological polar surface area (TPSA) is 74.6 Å². The molecule has 0 saturated heterocycles. The van der Waals surface area contributed by atoms with Gasteiger partial charge < -0.3 is 10.2 Å². The van der Waals surface area contributed by atoms with Gasteiger partial charge in [-0.2, -0.15) is 0 Å². The van der Waals surface area contributed by atoms with Crippen LogP contribution in [0.5, 0.6) is 0 Å². The van der Waals surface area contributed by atoms with Crippen molar-refractivity contribution >= 4 is 89.0 Å². The number of hydrogen-bond donors (Lipinski definition) is 2. The van der Waals surface area contributed by atoms with E-state index >= 15 is 0 Å². The van der Waals surface area contributed by atoms with Crippen molar-refractivity contribution in [3.8, 4) is 0 Å². The van der Waals surface area contributed by atoms with Crippen LogP contribution < -0.4 is 0 Å². The van der Waals surface area contributed by atoms with Gasteiger partial charge in [0, 0.05) is 0 Å². The number of halogens is 4. The fourth-order valence-electron chi connectivity index (χ4n) is 0.269. The lowest BCUT2D eigenvalue weighted by Crippen LogP contribution is -2.47. The van der Waals surface area contributed by atoms with Crippen LogP contribution in [0.4, 0.5) is 0 Å². The smallest absolute Gasteiger partial charge is 0.333 e. The van der Waals surface area contributed by atoms with Gasteiger partial charge in [0.05, 0.1) is 0 Å². The van der Waals surface area contributed by atoms with Crippen molar-refractivity contribution in [3.05, 3.63) is 0 Å². The first-order chi connectivity index (χ1) is 5.14. The lowest BCUT2D eigenvalue weighted by atomic mass is 10.3. The molecule has 8 heteroatoms. The maximum absolute atomic E-state index is 10.6. The maximum Gasteiger partial charge on any atom is 0.333 e. The van der Waals surface area contributed by atoms with Gasteiger partial charge in [0.1, 0.15) is 0 Å². The molecule has 0 bridgehead atoms. The number of aliphatic carboxylic acids is 2. The van der Waals surface area contributed by atoms with Gasteiger partial charge >= 0.3 is 11.9 Å². The molecule has 4 nitrogen and oxygen atoms in total. The number of carboxylic acid groups (broad SMARTS) is 2. The van der Waals surface area contributed by atoms with Gasteiger partial charge in [-0.3, -0.25) is 0 Å². The van der Waals surface area contributed by atoms with Crippen LogP contribution >= 0.6 is 77.0 Å². The second kappa shape index (κ2) is 4.26. The van der Waals surface area contributed by atoms with Crippen molar-refractivity contribution in [3.63, 3.8) is 0 Å². The molecule has 0 heterocycles. The third-order valence-electron chi connectivity index (χ3n) is 0.932. The summed E-state index contributed by atoms with van der Waals surface area (Å²) in [5.74, 6) is -2.51. The summed E-state index contributed by atoms with van der Waals surface area (Å²) in [5, 5.41) is 17.3. The van der Waals surface area contributed by atoms with E-state index in [4.69, 9.17) is 10.2 Å². The van der Waals surface area contributed by atoms with Crippen molar-refractivity contribution in [1.29, 1.82) is 0 Å². The van der Waals surface area contributed by atoms with Crippen LogP contribution in [0, 0.1) is 0 Å². The molecule has 2 unspecified atom stereocenters. The molecule has 0 aromatic rings. The molecule has 70 valence electrons. The van der Waals surface area contributed by atoms with Crippen LogP contribution in [-0.2, 0) is 9.59 Å². The molecule has 0 aliphatic heterocycles. The van der Waals surface area contributed by atoms with Gasteiger partial charge in [0.15, 0.2) is 0 Å². The van der Waals surface area contributed by atoms with E-state index in [1.54, 1.807) is 0 Å². The number of carbonyl (C=O) groups is 2. The second-order valence-electron chi connectivity index (χ2n) is 1.76. The Morgan fingerprint density at radius 1 is 1.00 bits per heavy atom. The molecule has 0 aromatic heterocycles. The van der Waals surface area contributed by atoms with E-state index in [0.29, 0.717) is 0 Å². The van der Waals surface area contributed by atoms with E-state index in [0.717, 1.165) is 0 Å². The maximum atomic E-state index is 10.6. The van der Waals surface area contributed by atoms with Crippen LogP contribution in [0.1, 0.15) is 0 Å². The standard InChI is InChI=1S/C4H2Br2I2O4/c5-3(7,1(9)10)4(6,8)2(11)12/h(H,9,10)(H,11,12). The molecule has 0 aliphatic rings. The molecule has 2 atom stereocenters. The number of alkyl halides is 4. The van der Waals surface area contributed by atoms with Crippen LogP contribution in [0.25, 0.3) is 0 Å². The van der Waals surface area contributed by atoms with Gasteiger partial charge in [0.25, 0.3) is 0 Å². The lowest BCUT2D eigenvalue weighted by Gasteiger charge is -2.26. The highest BCUT2D eigenvalue weighted by molar-refractivity contribution is 14.1. The quantitative estimate of drug-likeness (QED) is 0.436. The Kier molecular flexibility index (Phi) is 4.74. The van der Waals surface area contributed by atoms with Crippen molar-refractivity contribution < 1.29 is 19.8 Å². The van der Waals surface area contributed by atoms with E-state index in [1.165, 1.54) is 45.2 Å². The van der Waals surface area contributed by atoms with Crippen LogP contribution in [-0.4, -0.2) is 26.8 Å². The average Bonchev–Trinajstić information content (AvgIpc) is 1.86. The van der Waals surface area contributed by atoms with Gasteiger partial charge in [0.2, 0.25) is 4.66 Å². The van der Waals surface area contributed by atoms with Crippen LogP contribution in [0.15, 0.2) is 0 Å². The van der Waals surface area contributed by atoms with Crippen molar-refractivity contribution in [1.82, 2.24) is 0 Å². The van der Waals surface area contributed by atoms with Crippen LogP contribution in [0.3, 0.4) is 0 Å². The van der Waals surface area contributed by atoms with E-state index in [2.05, 4.69) is 31.9 Å². The Labute approximate surface area is 112 Å². The fourth-order valence-corrected chi connectivity index (χ4v) is 1.07. The second-order valence-corrected chi connectivity index (χ2v) is 10.3. The highest BCUT2D eigenvalue weighted by atomic mass is 127. The molecule has 0 aromatic carbocycles. The van der Waals surface area contributed by atoms with Gasteiger partial charge in [-0.15, -0.1) is 0 Å². The van der Waals surface area contributed by atoms with Crippen molar-refractivity contribution in [2.75, 3.05) is 0 Å². The monoisotopic (exact) mass is 526 g/mol. The van der Waals surface area contributed by atoms with Crippen LogP contribution in [0.2, 0.25) is 0 Å². The molecular weight excluding hydrogens is 526 g/mol. The Hall–Kier alpha value is 1.36. The zero-order chi connectivity index (χ0) is 10.2. The van der Waals surface area contributed by atoms with E-state index in [-0.39, 0.29) is 0 Å². The first kappa shape index (κ1) is 13.4. The van der Waals surface area contributed by atoms with E-state index < -0.39 is 16.6 Å². The Morgan fingerprint density at radius 3 is 1.25 bits per heavy atom. The fraction of sp³-hybridized carbons (Fsp3) is 0.500. The average molecular weight is 528 g/mol. The zero-order valence-corrected chi connectivity index (χ0v) is 12.7. The predicted molar refractivity (Wildman–Crippen MR) is 66.6 cm³/mol. The van der Waals surface area contributed by atoms with Gasteiger partial charge in [-0.05, 0) is 0 Å². The van der Waals surface area contributed by atoms with E-state index in [1.807, 2.05) is 0 Å². The highest BCUT2D eigenvalue weighted by Crippen LogP contribution is 2.49. The molecule has 0 rings (SSSR count). The van der Waals surface area contributed by atoms with Crippen molar-refractivity contribution in [2.45, 2.75) is 4.66 Å². The molecule has 0 spiro atoms. The Bertz CT molecular complexity index is 203. The first-order valence-corrected chi connectivity index (χ1v) is 6.10. The SMILES string of the molecule is O=C(O)C(Br)(I)C(Br)(I)C(=O)O. The Morgan fingerprint density at radius 2 is 1.17 bits per heavy atom. The summed E-state index contributed by atoms with van der Waals surface area (Å²) in [4.78, 5) is 21.2. The number of carboxylic acids is 2. The van der Waals surface area contributed by atoms with Gasteiger partial charge in [-0.25, -0.2) is 9.59 Å². The highest BCUT2D eigenvalue weighted by Gasteiger charge is 2.56. The molecule has 0 amide bonds. The first-order valence-electron chi connectivity index (χ1n) is 2.36. The summed E-state index contributed by atoms with van der Waals surface area (Å²) in [6.07, 6.45) is 0. The largest absolute Gasteiger partial charge is 0.480 e. The minimum Gasteiger partial charge on any atom is -0.480 e. The Balaban J connectivity index is 5.01. The minimum absolute atomic E-state index is 1.25. The lowest BCUT2D eigenvalue weighted by molar-refractivity contribution is -0.142. The zero-order valence-electron chi connectivity index (χ0n) is 5.22. The molecular formula is C4H2Br2I2O4. The molecule has 0 saturated carbocycles. The van der Waals surface area contributed by atoms with Crippen molar-refractivity contribution in [2.24, 2.45) is 0 Å².